The third kappa shape index (κ3) is 1.85. The van der Waals surface area contributed by atoms with E-state index in [4.69, 9.17) is 5.73 Å². The molecule has 1 fully saturated rings. The van der Waals surface area contributed by atoms with E-state index in [1.165, 1.54) is 5.56 Å². The maximum atomic E-state index is 6.07. The van der Waals surface area contributed by atoms with Crippen LogP contribution in [-0.2, 0) is 6.42 Å². The van der Waals surface area contributed by atoms with Gasteiger partial charge in [0.05, 0.1) is 6.20 Å². The van der Waals surface area contributed by atoms with Crippen LogP contribution in [0.25, 0.3) is 5.78 Å². The van der Waals surface area contributed by atoms with E-state index in [0.717, 1.165) is 36.1 Å². The number of hydrogen-bond donors (Lipinski definition) is 1. The summed E-state index contributed by atoms with van der Waals surface area (Å²) in [7, 11) is 0. The lowest BCUT2D eigenvalue weighted by molar-refractivity contribution is 0.607. The molecule has 4 nitrogen and oxygen atoms in total. The molecule has 0 amide bonds. The molecular formula is C11H13BrN4. The molecule has 2 aromatic heterocycles. The summed E-state index contributed by atoms with van der Waals surface area (Å²) in [5, 5.41) is 0. The summed E-state index contributed by atoms with van der Waals surface area (Å²) in [6.45, 7) is 0. The van der Waals surface area contributed by atoms with Gasteiger partial charge >= 0.3 is 0 Å². The first-order valence-corrected chi connectivity index (χ1v) is 6.22. The Kier molecular flexibility index (Phi) is 2.26. The van der Waals surface area contributed by atoms with Crippen LogP contribution in [-0.4, -0.2) is 19.9 Å². The predicted molar refractivity (Wildman–Crippen MR) is 65.2 cm³/mol. The van der Waals surface area contributed by atoms with E-state index in [-0.39, 0.29) is 5.54 Å². The van der Waals surface area contributed by atoms with Gasteiger partial charge in [-0.1, -0.05) is 0 Å². The molecule has 0 aliphatic heterocycles. The first kappa shape index (κ1) is 10.2. The van der Waals surface area contributed by atoms with Crippen molar-refractivity contribution in [2.45, 2.75) is 31.2 Å². The minimum Gasteiger partial charge on any atom is -0.325 e. The lowest BCUT2D eigenvalue weighted by Gasteiger charge is -2.07. The molecule has 2 N–H and O–H groups in total. The van der Waals surface area contributed by atoms with Crippen LogP contribution in [0.15, 0.2) is 23.2 Å². The van der Waals surface area contributed by atoms with Gasteiger partial charge < -0.3 is 5.73 Å². The summed E-state index contributed by atoms with van der Waals surface area (Å²) in [4.78, 5) is 8.46. The fourth-order valence-electron chi connectivity index (χ4n) is 1.82. The van der Waals surface area contributed by atoms with Crippen molar-refractivity contribution in [2.75, 3.05) is 0 Å². The fraction of sp³-hybridized carbons (Fsp3) is 0.455. The van der Waals surface area contributed by atoms with E-state index in [9.17, 15) is 0 Å². The third-order valence-corrected chi connectivity index (χ3v) is 3.76. The van der Waals surface area contributed by atoms with E-state index in [1.54, 1.807) is 6.20 Å². The molecule has 16 heavy (non-hydrogen) atoms. The van der Waals surface area contributed by atoms with Crippen LogP contribution >= 0.6 is 15.9 Å². The van der Waals surface area contributed by atoms with E-state index >= 15 is 0 Å². The van der Waals surface area contributed by atoms with Gasteiger partial charge in [0, 0.05) is 17.9 Å². The van der Waals surface area contributed by atoms with Gasteiger partial charge in [0.1, 0.15) is 4.60 Å². The smallest absolute Gasteiger partial charge is 0.234 e. The van der Waals surface area contributed by atoms with Crippen molar-refractivity contribution in [1.29, 1.82) is 0 Å². The minimum atomic E-state index is 0.112. The molecule has 1 aliphatic rings. The van der Waals surface area contributed by atoms with Crippen LogP contribution < -0.4 is 5.73 Å². The summed E-state index contributed by atoms with van der Waals surface area (Å²) in [5.41, 5.74) is 7.39. The number of halogens is 1. The van der Waals surface area contributed by atoms with Gasteiger partial charge in [-0.05, 0) is 47.2 Å². The number of imidazole rings is 1. The van der Waals surface area contributed by atoms with Gasteiger partial charge in [0.2, 0.25) is 5.78 Å². The molecule has 0 saturated heterocycles. The van der Waals surface area contributed by atoms with Crippen LogP contribution in [0.2, 0.25) is 0 Å². The number of rotatable bonds is 3. The molecule has 2 aromatic rings. The summed E-state index contributed by atoms with van der Waals surface area (Å²) < 4.78 is 2.89. The zero-order valence-electron chi connectivity index (χ0n) is 8.86. The van der Waals surface area contributed by atoms with Gasteiger partial charge in [-0.3, -0.25) is 4.40 Å². The molecule has 0 bridgehead atoms. The molecule has 0 unspecified atom stereocenters. The molecule has 2 heterocycles. The Balaban J connectivity index is 1.83. The van der Waals surface area contributed by atoms with E-state index < -0.39 is 0 Å². The van der Waals surface area contributed by atoms with Crippen molar-refractivity contribution < 1.29 is 0 Å². The summed E-state index contributed by atoms with van der Waals surface area (Å²) in [6.07, 6.45) is 10.1. The highest BCUT2D eigenvalue weighted by atomic mass is 79.9. The Morgan fingerprint density at radius 2 is 2.12 bits per heavy atom. The average molecular weight is 281 g/mol. The fourth-order valence-corrected chi connectivity index (χ4v) is 2.18. The van der Waals surface area contributed by atoms with Gasteiger partial charge in [-0.2, -0.15) is 0 Å². The number of aromatic nitrogens is 3. The number of nitrogens with zero attached hydrogens (tertiary/aromatic N) is 3. The zero-order chi connectivity index (χ0) is 11.2. The normalized spacial score (nSPS) is 17.9. The van der Waals surface area contributed by atoms with Gasteiger partial charge in [0.15, 0.2) is 0 Å². The average Bonchev–Trinajstić information content (AvgIpc) is 2.92. The standard InChI is InChI=1S/C11H13BrN4/c12-9-6-15-10-14-5-8(7-16(9)10)1-2-11(13)3-4-11/h5-7H,1-4,13H2. The van der Waals surface area contributed by atoms with Crippen molar-refractivity contribution in [2.24, 2.45) is 5.73 Å². The topological polar surface area (TPSA) is 56.2 Å². The number of nitrogens with two attached hydrogens (primary N) is 1. The second kappa shape index (κ2) is 3.53. The highest BCUT2D eigenvalue weighted by Crippen LogP contribution is 2.36. The van der Waals surface area contributed by atoms with Crippen molar-refractivity contribution in [3.05, 3.63) is 28.8 Å². The van der Waals surface area contributed by atoms with Gasteiger partial charge in [-0.25, -0.2) is 9.97 Å². The van der Waals surface area contributed by atoms with Crippen LogP contribution in [0, 0.1) is 0 Å². The van der Waals surface area contributed by atoms with Crippen LogP contribution in [0.5, 0.6) is 0 Å². The molecular weight excluding hydrogens is 268 g/mol. The highest BCUT2D eigenvalue weighted by molar-refractivity contribution is 9.10. The quantitative estimate of drug-likeness (QED) is 0.935. The Hall–Kier alpha value is -0.940. The number of hydrogen-bond acceptors (Lipinski definition) is 3. The summed E-state index contributed by atoms with van der Waals surface area (Å²) in [5.74, 6) is 0.726. The maximum Gasteiger partial charge on any atom is 0.234 e. The lowest BCUT2D eigenvalue weighted by atomic mass is 10.1. The molecule has 0 atom stereocenters. The molecule has 0 radical (unpaired) electrons. The Bertz CT molecular complexity index is 530. The first-order valence-electron chi connectivity index (χ1n) is 5.43. The largest absolute Gasteiger partial charge is 0.325 e. The van der Waals surface area contributed by atoms with Crippen LogP contribution in [0.3, 0.4) is 0 Å². The molecule has 5 heteroatoms. The highest BCUT2D eigenvalue weighted by Gasteiger charge is 2.37. The predicted octanol–water partition coefficient (Wildman–Crippen LogP) is 1.92. The third-order valence-electron chi connectivity index (χ3n) is 3.18. The van der Waals surface area contributed by atoms with Gasteiger partial charge in [-0.15, -0.1) is 0 Å². The van der Waals surface area contributed by atoms with Crippen LogP contribution in [0.4, 0.5) is 0 Å². The molecule has 3 rings (SSSR count). The minimum absolute atomic E-state index is 0.112. The molecule has 1 aliphatic carbocycles. The van der Waals surface area contributed by atoms with E-state index in [0.29, 0.717) is 0 Å². The van der Waals surface area contributed by atoms with Gasteiger partial charge in [0.25, 0.3) is 0 Å². The zero-order valence-corrected chi connectivity index (χ0v) is 10.4. The summed E-state index contributed by atoms with van der Waals surface area (Å²) >= 11 is 3.44. The Labute approximate surface area is 102 Å². The van der Waals surface area contributed by atoms with Crippen molar-refractivity contribution in [1.82, 2.24) is 14.4 Å². The van der Waals surface area contributed by atoms with Crippen molar-refractivity contribution in [3.8, 4) is 0 Å². The SMILES string of the molecule is NC1(CCc2cnc3ncc(Br)n3c2)CC1. The van der Waals surface area contributed by atoms with Crippen molar-refractivity contribution in [3.63, 3.8) is 0 Å². The molecule has 84 valence electrons. The molecule has 0 aromatic carbocycles. The monoisotopic (exact) mass is 280 g/mol. The second-order valence-electron chi connectivity index (χ2n) is 4.58. The lowest BCUT2D eigenvalue weighted by Crippen LogP contribution is -2.22. The molecule has 0 spiro atoms. The van der Waals surface area contributed by atoms with Crippen molar-refractivity contribution >= 4 is 21.7 Å². The number of aryl methyl sites for hydroxylation is 1. The second-order valence-corrected chi connectivity index (χ2v) is 5.39. The maximum absolute atomic E-state index is 6.07. The number of fused-ring (bicyclic) bond motifs is 1. The Morgan fingerprint density at radius 1 is 1.38 bits per heavy atom. The first-order chi connectivity index (χ1) is 7.66. The van der Waals surface area contributed by atoms with E-state index in [1.807, 2.05) is 10.6 Å². The molecule has 1 saturated carbocycles. The van der Waals surface area contributed by atoms with E-state index in [2.05, 4.69) is 32.1 Å². The summed E-state index contributed by atoms with van der Waals surface area (Å²) in [6, 6.07) is 0. The Morgan fingerprint density at radius 3 is 2.88 bits per heavy atom. The van der Waals surface area contributed by atoms with Crippen LogP contribution in [0.1, 0.15) is 24.8 Å².